The molecule has 0 saturated heterocycles. The van der Waals surface area contributed by atoms with E-state index in [0.717, 1.165) is 11.8 Å². The zero-order valence-electron chi connectivity index (χ0n) is 9.03. The zero-order valence-corrected chi connectivity index (χ0v) is 9.03. The topological polar surface area (TPSA) is 37.8 Å². The van der Waals surface area contributed by atoms with Crippen molar-refractivity contribution < 1.29 is 8.78 Å². The van der Waals surface area contributed by atoms with Crippen molar-refractivity contribution in [3.8, 4) is 0 Å². The molecule has 1 heterocycles. The lowest BCUT2D eigenvalue weighted by Gasteiger charge is -2.05. The lowest BCUT2D eigenvalue weighted by Crippen LogP contribution is -2.14. The average molecular weight is 235 g/mol. The Bertz CT molecular complexity index is 488. The fourth-order valence-electron chi connectivity index (χ4n) is 1.42. The highest BCUT2D eigenvalue weighted by Gasteiger charge is 2.03. The maximum atomic E-state index is 13.3. The molecule has 2 rings (SSSR count). The Hall–Kier alpha value is -1.88. The average Bonchev–Trinajstić information content (AvgIpc) is 2.33. The van der Waals surface area contributed by atoms with Crippen molar-refractivity contribution >= 4 is 0 Å². The number of rotatable bonds is 4. The van der Waals surface area contributed by atoms with E-state index in [1.807, 2.05) is 6.07 Å². The molecule has 1 N–H and O–H groups in total. The molecule has 0 fully saturated rings. The highest BCUT2D eigenvalue weighted by Crippen LogP contribution is 2.09. The molecule has 2 aromatic rings. The summed E-state index contributed by atoms with van der Waals surface area (Å²) in [6.45, 7) is 0.813. The van der Waals surface area contributed by atoms with Gasteiger partial charge in [0.1, 0.15) is 11.6 Å². The maximum Gasteiger partial charge on any atom is 0.130 e. The lowest BCUT2D eigenvalue weighted by atomic mass is 10.2. The number of halogens is 2. The van der Waals surface area contributed by atoms with Gasteiger partial charge in [0.05, 0.1) is 5.69 Å². The minimum atomic E-state index is -0.569. The molecule has 0 saturated carbocycles. The van der Waals surface area contributed by atoms with Crippen molar-refractivity contribution in [1.82, 2.24) is 15.5 Å². The first-order chi connectivity index (χ1) is 8.25. The fraction of sp³-hybridized carbons (Fsp3) is 0.167. The predicted molar refractivity (Wildman–Crippen MR) is 58.9 cm³/mol. The molecule has 0 amide bonds. The summed E-state index contributed by atoms with van der Waals surface area (Å²) in [5.74, 6) is -1.11. The van der Waals surface area contributed by atoms with E-state index in [1.54, 1.807) is 12.3 Å². The molecule has 88 valence electrons. The van der Waals surface area contributed by atoms with E-state index in [0.29, 0.717) is 18.7 Å². The number of aromatic nitrogens is 2. The second kappa shape index (κ2) is 5.45. The van der Waals surface area contributed by atoms with E-state index >= 15 is 0 Å². The van der Waals surface area contributed by atoms with Gasteiger partial charge in [0.15, 0.2) is 0 Å². The van der Waals surface area contributed by atoms with Gasteiger partial charge in [-0.05, 0) is 18.2 Å². The summed E-state index contributed by atoms with van der Waals surface area (Å²) in [4.78, 5) is 0. The van der Waals surface area contributed by atoms with Crippen LogP contribution in [0.5, 0.6) is 0 Å². The Morgan fingerprint density at radius 1 is 1.12 bits per heavy atom. The molecular weight excluding hydrogens is 224 g/mol. The van der Waals surface area contributed by atoms with Crippen molar-refractivity contribution in [2.45, 2.75) is 13.1 Å². The normalized spacial score (nSPS) is 10.5. The van der Waals surface area contributed by atoms with Gasteiger partial charge in [-0.15, -0.1) is 0 Å². The lowest BCUT2D eigenvalue weighted by molar-refractivity contribution is 0.558. The molecular formula is C12H11F2N3. The quantitative estimate of drug-likeness (QED) is 0.881. The molecule has 0 spiro atoms. The van der Waals surface area contributed by atoms with Gasteiger partial charge < -0.3 is 5.32 Å². The Kier molecular flexibility index (Phi) is 3.72. The highest BCUT2D eigenvalue weighted by atomic mass is 19.1. The number of hydrogen-bond acceptors (Lipinski definition) is 3. The summed E-state index contributed by atoms with van der Waals surface area (Å²) < 4.78 is 25.9. The van der Waals surface area contributed by atoms with Crippen LogP contribution in [0.15, 0.2) is 36.5 Å². The summed E-state index contributed by atoms with van der Waals surface area (Å²) in [5.41, 5.74) is 1.20. The largest absolute Gasteiger partial charge is 0.307 e. The maximum absolute atomic E-state index is 13.3. The molecule has 0 aliphatic carbocycles. The number of benzene rings is 1. The monoisotopic (exact) mass is 235 g/mol. The van der Waals surface area contributed by atoms with Gasteiger partial charge in [-0.1, -0.05) is 6.07 Å². The van der Waals surface area contributed by atoms with Gasteiger partial charge in [-0.3, -0.25) is 0 Å². The van der Waals surface area contributed by atoms with Crippen LogP contribution >= 0.6 is 0 Å². The Morgan fingerprint density at radius 3 is 2.71 bits per heavy atom. The molecule has 0 unspecified atom stereocenters. The predicted octanol–water partition coefficient (Wildman–Crippen LogP) is 2.04. The van der Waals surface area contributed by atoms with Crippen LogP contribution in [0, 0.1) is 11.6 Å². The molecule has 17 heavy (non-hydrogen) atoms. The molecule has 5 heteroatoms. The van der Waals surface area contributed by atoms with Gasteiger partial charge in [0.2, 0.25) is 0 Å². The van der Waals surface area contributed by atoms with Gasteiger partial charge in [0.25, 0.3) is 0 Å². The third-order valence-corrected chi connectivity index (χ3v) is 2.26. The molecule has 0 aliphatic heterocycles. The van der Waals surface area contributed by atoms with Crippen molar-refractivity contribution in [2.24, 2.45) is 0 Å². The van der Waals surface area contributed by atoms with Crippen LogP contribution in [0.1, 0.15) is 11.3 Å². The molecule has 0 aliphatic rings. The summed E-state index contributed by atoms with van der Waals surface area (Å²) in [5, 5.41) is 10.6. The fourth-order valence-corrected chi connectivity index (χ4v) is 1.42. The van der Waals surface area contributed by atoms with Gasteiger partial charge >= 0.3 is 0 Å². The van der Waals surface area contributed by atoms with Crippen molar-refractivity contribution in [1.29, 1.82) is 0 Å². The van der Waals surface area contributed by atoms with Gasteiger partial charge in [-0.25, -0.2) is 8.78 Å². The summed E-state index contributed by atoms with van der Waals surface area (Å²) in [7, 11) is 0. The molecule has 0 radical (unpaired) electrons. The summed E-state index contributed by atoms with van der Waals surface area (Å²) in [6, 6.07) is 7.14. The Labute approximate surface area is 97.5 Å². The molecule has 3 nitrogen and oxygen atoms in total. The van der Waals surface area contributed by atoms with E-state index in [9.17, 15) is 8.78 Å². The first kappa shape index (κ1) is 11.6. The standard InChI is InChI=1S/C12H11F2N3/c13-10-4-3-9(12(14)6-10)7-15-8-11-2-1-5-16-17-11/h1-6,15H,7-8H2. The van der Waals surface area contributed by atoms with E-state index in [2.05, 4.69) is 15.5 Å². The van der Waals surface area contributed by atoms with E-state index < -0.39 is 11.6 Å². The van der Waals surface area contributed by atoms with Crippen LogP contribution in [0.25, 0.3) is 0 Å². The number of hydrogen-bond donors (Lipinski definition) is 1. The number of nitrogens with zero attached hydrogens (tertiary/aromatic N) is 2. The second-order valence-corrected chi connectivity index (χ2v) is 3.55. The summed E-state index contributed by atoms with van der Waals surface area (Å²) >= 11 is 0. The van der Waals surface area contributed by atoms with E-state index in [-0.39, 0.29) is 0 Å². The molecule has 1 aromatic heterocycles. The molecule has 0 atom stereocenters. The third kappa shape index (κ3) is 3.29. The van der Waals surface area contributed by atoms with Crippen LogP contribution in [-0.4, -0.2) is 10.2 Å². The number of nitrogens with one attached hydrogen (secondary N) is 1. The SMILES string of the molecule is Fc1ccc(CNCc2cccnn2)c(F)c1. The van der Waals surface area contributed by atoms with E-state index in [4.69, 9.17) is 0 Å². The third-order valence-electron chi connectivity index (χ3n) is 2.26. The highest BCUT2D eigenvalue weighted by molar-refractivity contribution is 5.18. The van der Waals surface area contributed by atoms with Crippen LogP contribution in [0.2, 0.25) is 0 Å². The molecule has 0 bridgehead atoms. The summed E-state index contributed by atoms with van der Waals surface area (Å²) in [6.07, 6.45) is 1.59. The zero-order chi connectivity index (χ0) is 12.1. The first-order valence-corrected chi connectivity index (χ1v) is 5.17. The van der Waals surface area contributed by atoms with Gasteiger partial charge in [-0.2, -0.15) is 10.2 Å². The van der Waals surface area contributed by atoms with Gasteiger partial charge in [0, 0.05) is 30.9 Å². The minimum absolute atomic E-state index is 0.322. The smallest absolute Gasteiger partial charge is 0.130 e. The first-order valence-electron chi connectivity index (χ1n) is 5.17. The van der Waals surface area contributed by atoms with Crippen LogP contribution < -0.4 is 5.32 Å². The van der Waals surface area contributed by atoms with Crippen LogP contribution in [0.4, 0.5) is 8.78 Å². The Balaban J connectivity index is 1.90. The van der Waals surface area contributed by atoms with E-state index in [1.165, 1.54) is 12.1 Å². The van der Waals surface area contributed by atoms with Crippen LogP contribution in [0.3, 0.4) is 0 Å². The minimum Gasteiger partial charge on any atom is -0.307 e. The van der Waals surface area contributed by atoms with Crippen molar-refractivity contribution in [2.75, 3.05) is 0 Å². The second-order valence-electron chi connectivity index (χ2n) is 3.55. The Morgan fingerprint density at radius 2 is 2.00 bits per heavy atom. The van der Waals surface area contributed by atoms with Crippen LogP contribution in [-0.2, 0) is 13.1 Å². The molecule has 1 aromatic carbocycles. The van der Waals surface area contributed by atoms with Crippen molar-refractivity contribution in [3.05, 3.63) is 59.4 Å². The van der Waals surface area contributed by atoms with Crippen molar-refractivity contribution in [3.63, 3.8) is 0 Å².